The van der Waals surface area contributed by atoms with E-state index in [0.717, 1.165) is 14.1 Å². The van der Waals surface area contributed by atoms with E-state index in [1.165, 1.54) is 24.3 Å². The first-order valence-corrected chi connectivity index (χ1v) is 11.5. The first-order valence-electron chi connectivity index (χ1n) is 8.17. The highest BCUT2D eigenvalue weighted by molar-refractivity contribution is 8.06. The molecule has 0 radical (unpaired) electrons. The third kappa shape index (κ3) is 6.64. The molecule has 12 heteroatoms. The number of sulfonamides is 2. The van der Waals surface area contributed by atoms with Crippen molar-refractivity contribution in [3.63, 3.8) is 0 Å². The first-order chi connectivity index (χ1) is 13.5. The summed E-state index contributed by atoms with van der Waals surface area (Å²) in [6.07, 6.45) is 0. The second kappa shape index (κ2) is 9.13. The van der Waals surface area contributed by atoms with Gasteiger partial charge in [0.05, 0.1) is 0 Å². The van der Waals surface area contributed by atoms with Gasteiger partial charge < -0.3 is 0 Å². The Kier molecular flexibility index (Phi) is 7.08. The molecule has 0 heterocycles. The van der Waals surface area contributed by atoms with Crippen molar-refractivity contribution < 1.29 is 26.4 Å². The van der Waals surface area contributed by atoms with Crippen LogP contribution in [0.15, 0.2) is 60.7 Å². The highest BCUT2D eigenvalue weighted by Crippen LogP contribution is 2.05. The maximum absolute atomic E-state index is 12.2. The summed E-state index contributed by atoms with van der Waals surface area (Å²) in [4.78, 5) is 28.1. The van der Waals surface area contributed by atoms with E-state index in [4.69, 9.17) is 0 Å². The number of nitrogens with one attached hydrogen (secondary N) is 2. The van der Waals surface area contributed by atoms with Crippen molar-refractivity contribution in [2.45, 2.75) is 0 Å². The molecule has 156 valence electrons. The number of hydrazine groups is 2. The van der Waals surface area contributed by atoms with Crippen LogP contribution in [0.1, 0.15) is 20.7 Å². The predicted molar refractivity (Wildman–Crippen MR) is 106 cm³/mol. The minimum absolute atomic E-state index is 0.215. The molecule has 0 aliphatic heterocycles. The molecule has 0 unspecified atom stereocenters. The number of nitrogens with zero attached hydrogens (tertiary/aromatic N) is 2. The lowest BCUT2D eigenvalue weighted by Gasteiger charge is -2.20. The fraction of sp³-hybridized carbons (Fsp3) is 0.176. The van der Waals surface area contributed by atoms with Gasteiger partial charge in [-0.25, -0.2) is 16.8 Å². The monoisotopic (exact) mass is 440 g/mol. The van der Waals surface area contributed by atoms with Crippen LogP contribution in [0.3, 0.4) is 0 Å². The highest BCUT2D eigenvalue weighted by Gasteiger charge is 2.27. The summed E-state index contributed by atoms with van der Waals surface area (Å²) >= 11 is 0. The molecule has 0 fully saturated rings. The summed E-state index contributed by atoms with van der Waals surface area (Å²) < 4.78 is 48.7. The van der Waals surface area contributed by atoms with Crippen LogP contribution in [0.25, 0.3) is 0 Å². The van der Waals surface area contributed by atoms with Crippen LogP contribution in [0.5, 0.6) is 0 Å². The minimum atomic E-state index is -4.46. The molecule has 0 aliphatic carbocycles. The Labute approximate surface area is 169 Å². The van der Waals surface area contributed by atoms with E-state index in [1.807, 2.05) is 9.66 Å². The lowest BCUT2D eigenvalue weighted by atomic mass is 10.2. The number of hydrogen-bond acceptors (Lipinski definition) is 6. The summed E-state index contributed by atoms with van der Waals surface area (Å²) in [7, 11) is -6.62. The Bertz CT molecular complexity index is 986. The van der Waals surface area contributed by atoms with Gasteiger partial charge in [0.15, 0.2) is 5.08 Å². The molecule has 10 nitrogen and oxygen atoms in total. The lowest BCUT2D eigenvalue weighted by molar-refractivity contribution is 0.0760. The average molecular weight is 441 g/mol. The van der Waals surface area contributed by atoms with E-state index >= 15 is 0 Å². The molecule has 2 aromatic rings. The zero-order chi connectivity index (χ0) is 21.7. The van der Waals surface area contributed by atoms with Gasteiger partial charge in [-0.2, -0.15) is 0 Å². The smallest absolute Gasteiger partial charge is 0.268 e. The van der Waals surface area contributed by atoms with E-state index in [-0.39, 0.29) is 11.1 Å². The van der Waals surface area contributed by atoms with Crippen LogP contribution in [0.4, 0.5) is 0 Å². The van der Waals surface area contributed by atoms with E-state index in [1.54, 1.807) is 36.4 Å². The van der Waals surface area contributed by atoms with Crippen molar-refractivity contribution in [2.24, 2.45) is 0 Å². The number of carbonyl (C=O) groups excluding carboxylic acids is 2. The van der Waals surface area contributed by atoms with Crippen molar-refractivity contribution in [1.82, 2.24) is 19.7 Å². The number of hydrogen-bond donors (Lipinski definition) is 2. The van der Waals surface area contributed by atoms with Crippen LogP contribution in [-0.2, 0) is 20.0 Å². The molecular formula is C17H20N4O6S2. The van der Waals surface area contributed by atoms with E-state index in [9.17, 15) is 26.4 Å². The van der Waals surface area contributed by atoms with E-state index in [2.05, 4.69) is 0 Å². The van der Waals surface area contributed by atoms with Gasteiger partial charge in [0.1, 0.15) is 0 Å². The quantitative estimate of drug-likeness (QED) is 0.562. The highest BCUT2D eigenvalue weighted by atomic mass is 32.3. The van der Waals surface area contributed by atoms with Crippen LogP contribution >= 0.6 is 0 Å². The number of benzene rings is 2. The number of carbonyl (C=O) groups is 2. The van der Waals surface area contributed by atoms with Gasteiger partial charge in [-0.05, 0) is 24.3 Å². The van der Waals surface area contributed by atoms with Crippen LogP contribution < -0.4 is 9.66 Å². The predicted octanol–water partition coefficient (Wildman–Crippen LogP) is 0.157. The zero-order valence-electron chi connectivity index (χ0n) is 15.6. The average Bonchev–Trinajstić information content (AvgIpc) is 2.66. The summed E-state index contributed by atoms with van der Waals surface area (Å²) in [5, 5.41) is -0.0587. The Balaban J connectivity index is 2.02. The van der Waals surface area contributed by atoms with Crippen molar-refractivity contribution in [3.8, 4) is 0 Å². The van der Waals surface area contributed by atoms with Crippen LogP contribution in [0.2, 0.25) is 0 Å². The molecule has 2 N–H and O–H groups in total. The SMILES string of the molecule is CN(NS(=O)(=O)CS(=O)(=O)NN(C)C(=O)c1ccccc1)C(=O)c1ccccc1. The Hall–Kier alpha value is -2.80. The number of amides is 2. The van der Waals surface area contributed by atoms with Crippen molar-refractivity contribution in [3.05, 3.63) is 71.8 Å². The molecule has 0 saturated carbocycles. The Morgan fingerprint density at radius 3 is 1.31 bits per heavy atom. The number of rotatable bonds is 8. The molecule has 2 rings (SSSR count). The summed E-state index contributed by atoms with van der Waals surface area (Å²) in [5.41, 5.74) is 0.429. The van der Waals surface area contributed by atoms with Gasteiger partial charge in [-0.1, -0.05) is 36.4 Å². The molecule has 2 aromatic carbocycles. The van der Waals surface area contributed by atoms with Gasteiger partial charge >= 0.3 is 0 Å². The molecule has 0 spiro atoms. The molecule has 0 atom stereocenters. The third-order valence-corrected chi connectivity index (χ3v) is 7.10. The fourth-order valence-electron chi connectivity index (χ4n) is 2.31. The first kappa shape index (κ1) is 22.5. The van der Waals surface area contributed by atoms with Gasteiger partial charge in [0.25, 0.3) is 11.8 Å². The second-order valence-electron chi connectivity index (χ2n) is 5.99. The van der Waals surface area contributed by atoms with Gasteiger partial charge in [0, 0.05) is 25.2 Å². The Morgan fingerprint density at radius 1 is 0.690 bits per heavy atom. The van der Waals surface area contributed by atoms with E-state index in [0.29, 0.717) is 10.0 Å². The van der Waals surface area contributed by atoms with Gasteiger partial charge in [-0.15, -0.1) is 9.66 Å². The summed E-state index contributed by atoms with van der Waals surface area (Å²) in [6.45, 7) is 0. The standard InChI is InChI=1S/C17H20N4O6S2/c1-20(16(22)14-9-5-3-6-10-14)18-28(24,25)13-29(26,27)19-21(2)17(23)15-11-7-4-8-12-15/h3-12,18-19H,13H2,1-2H3. The summed E-state index contributed by atoms with van der Waals surface area (Å²) in [5.74, 6) is -1.34. The van der Waals surface area contributed by atoms with E-state index < -0.39 is 36.9 Å². The topological polar surface area (TPSA) is 133 Å². The maximum Gasteiger partial charge on any atom is 0.268 e. The van der Waals surface area contributed by atoms with Crippen molar-refractivity contribution >= 4 is 31.9 Å². The lowest BCUT2D eigenvalue weighted by Crippen LogP contribution is -2.49. The van der Waals surface area contributed by atoms with Crippen molar-refractivity contribution in [1.29, 1.82) is 0 Å². The van der Waals surface area contributed by atoms with Gasteiger partial charge in [0.2, 0.25) is 20.0 Å². The minimum Gasteiger partial charge on any atom is -0.268 e. The zero-order valence-corrected chi connectivity index (χ0v) is 17.3. The van der Waals surface area contributed by atoms with Crippen molar-refractivity contribution in [2.75, 3.05) is 19.2 Å². The molecule has 0 saturated heterocycles. The Morgan fingerprint density at radius 2 is 1.00 bits per heavy atom. The molecular weight excluding hydrogens is 420 g/mol. The largest absolute Gasteiger partial charge is 0.268 e. The molecule has 2 amide bonds. The maximum atomic E-state index is 12.2. The molecule has 0 aromatic heterocycles. The van der Waals surface area contributed by atoms with Crippen LogP contribution in [0, 0.1) is 0 Å². The molecule has 0 bridgehead atoms. The second-order valence-corrected chi connectivity index (χ2v) is 9.76. The molecule has 29 heavy (non-hydrogen) atoms. The summed E-state index contributed by atoms with van der Waals surface area (Å²) in [6, 6.07) is 15.7. The van der Waals surface area contributed by atoms with Crippen LogP contribution in [-0.4, -0.2) is 57.8 Å². The normalized spacial score (nSPS) is 11.7. The fourth-order valence-corrected chi connectivity index (χ4v) is 5.36. The van der Waals surface area contributed by atoms with Gasteiger partial charge in [-0.3, -0.25) is 19.6 Å². The third-order valence-electron chi connectivity index (χ3n) is 3.51. The molecule has 0 aliphatic rings.